The van der Waals surface area contributed by atoms with E-state index < -0.39 is 0 Å². The topological polar surface area (TPSA) is 69.2 Å². The van der Waals surface area contributed by atoms with E-state index in [1.54, 1.807) is 12.1 Å². The second-order valence-electron chi connectivity index (χ2n) is 5.28. The van der Waals surface area contributed by atoms with Crippen molar-refractivity contribution in [2.75, 3.05) is 27.4 Å². The summed E-state index contributed by atoms with van der Waals surface area (Å²) in [7, 11) is 3.03. The summed E-state index contributed by atoms with van der Waals surface area (Å²) in [6.07, 6.45) is 2.38. The monoisotopic (exact) mass is 342 g/mol. The van der Waals surface area contributed by atoms with Gasteiger partial charge in [-0.3, -0.25) is 4.79 Å². The molecule has 0 fully saturated rings. The molecule has 23 heavy (non-hydrogen) atoms. The van der Waals surface area contributed by atoms with Crippen molar-refractivity contribution in [1.29, 1.82) is 0 Å². The highest BCUT2D eigenvalue weighted by atomic mass is 35.5. The zero-order valence-corrected chi connectivity index (χ0v) is 14.6. The van der Waals surface area contributed by atoms with Gasteiger partial charge in [-0.05, 0) is 24.5 Å². The summed E-state index contributed by atoms with van der Waals surface area (Å²) < 4.78 is 10.3. The average Bonchev–Trinajstić information content (AvgIpc) is 2.50. The maximum Gasteiger partial charge on any atom is 0.260 e. The third kappa shape index (κ3) is 6.78. The molecule has 1 aromatic rings. The number of halogens is 1. The van der Waals surface area contributed by atoms with E-state index in [-0.39, 0.29) is 12.5 Å². The van der Waals surface area contributed by atoms with Gasteiger partial charge in [-0.15, -0.1) is 0 Å². The van der Waals surface area contributed by atoms with E-state index in [9.17, 15) is 4.79 Å². The Morgan fingerprint density at radius 1 is 1.35 bits per heavy atom. The summed E-state index contributed by atoms with van der Waals surface area (Å²) in [5.41, 5.74) is 0.674. The van der Waals surface area contributed by atoms with Crippen molar-refractivity contribution in [2.45, 2.75) is 20.3 Å². The van der Waals surface area contributed by atoms with Crippen molar-refractivity contribution in [3.05, 3.63) is 22.7 Å². The van der Waals surface area contributed by atoms with E-state index in [4.69, 9.17) is 25.9 Å². The number of hydrogen-bond donors (Lipinski definition) is 1. The summed E-state index contributed by atoms with van der Waals surface area (Å²) in [5, 5.41) is 6.92. The van der Waals surface area contributed by atoms with Crippen LogP contribution in [0.2, 0.25) is 5.02 Å². The SMILES string of the molecule is COc1cc(/C=N/OCC(=O)NCCC(C)C)cc(Cl)c1OC. The van der Waals surface area contributed by atoms with Crippen molar-refractivity contribution in [1.82, 2.24) is 5.32 Å². The lowest BCUT2D eigenvalue weighted by Gasteiger charge is -2.09. The van der Waals surface area contributed by atoms with E-state index in [0.29, 0.717) is 34.5 Å². The molecule has 0 atom stereocenters. The molecule has 0 saturated heterocycles. The average molecular weight is 343 g/mol. The fraction of sp³-hybridized carbons (Fsp3) is 0.500. The Kier molecular flexibility index (Phi) is 8.26. The molecule has 0 aliphatic carbocycles. The highest BCUT2D eigenvalue weighted by molar-refractivity contribution is 6.32. The van der Waals surface area contributed by atoms with Crippen LogP contribution in [0.5, 0.6) is 11.5 Å². The van der Waals surface area contributed by atoms with Crippen molar-refractivity contribution >= 4 is 23.7 Å². The first-order valence-corrected chi connectivity index (χ1v) is 7.69. The molecular weight excluding hydrogens is 320 g/mol. The van der Waals surface area contributed by atoms with Crippen molar-refractivity contribution < 1.29 is 19.1 Å². The van der Waals surface area contributed by atoms with Crippen LogP contribution in [0, 0.1) is 5.92 Å². The van der Waals surface area contributed by atoms with Gasteiger partial charge < -0.3 is 19.6 Å². The Bertz CT molecular complexity index is 547. The van der Waals surface area contributed by atoms with Crippen LogP contribution in [-0.4, -0.2) is 39.5 Å². The number of rotatable bonds is 9. The minimum absolute atomic E-state index is 0.129. The van der Waals surface area contributed by atoms with Crippen LogP contribution in [0.4, 0.5) is 0 Å². The number of hydrogen-bond acceptors (Lipinski definition) is 5. The van der Waals surface area contributed by atoms with Gasteiger partial charge in [0.05, 0.1) is 25.5 Å². The van der Waals surface area contributed by atoms with Crippen LogP contribution < -0.4 is 14.8 Å². The number of carbonyl (C=O) groups excluding carboxylic acids is 1. The van der Waals surface area contributed by atoms with E-state index in [0.717, 1.165) is 6.42 Å². The highest BCUT2D eigenvalue weighted by Crippen LogP contribution is 2.35. The molecule has 0 heterocycles. The standard InChI is InChI=1S/C16H23ClN2O4/c1-11(2)5-6-18-15(20)10-23-19-9-12-7-13(17)16(22-4)14(8-12)21-3/h7-9,11H,5-6,10H2,1-4H3,(H,18,20)/b19-9+. The third-order valence-corrected chi connectivity index (χ3v) is 3.25. The number of ether oxygens (including phenoxy) is 2. The van der Waals surface area contributed by atoms with Gasteiger partial charge in [0, 0.05) is 12.1 Å². The van der Waals surface area contributed by atoms with Crippen LogP contribution in [0.3, 0.4) is 0 Å². The molecule has 0 aromatic heterocycles. The number of oxime groups is 1. The van der Waals surface area contributed by atoms with Gasteiger partial charge in [-0.2, -0.15) is 0 Å². The molecule has 1 rings (SSSR count). The van der Waals surface area contributed by atoms with Gasteiger partial charge in [-0.1, -0.05) is 30.6 Å². The van der Waals surface area contributed by atoms with E-state index in [1.165, 1.54) is 20.4 Å². The first-order chi connectivity index (χ1) is 11.0. The fourth-order valence-electron chi connectivity index (χ4n) is 1.76. The minimum atomic E-state index is -0.201. The highest BCUT2D eigenvalue weighted by Gasteiger charge is 2.10. The Hall–Kier alpha value is -1.95. The zero-order chi connectivity index (χ0) is 17.2. The Labute approximate surface area is 141 Å². The third-order valence-electron chi connectivity index (χ3n) is 2.97. The van der Waals surface area contributed by atoms with Crippen LogP contribution in [-0.2, 0) is 9.63 Å². The molecule has 1 N–H and O–H groups in total. The molecule has 0 spiro atoms. The lowest BCUT2D eigenvalue weighted by molar-refractivity contribution is -0.125. The predicted molar refractivity (Wildman–Crippen MR) is 90.6 cm³/mol. The number of methoxy groups -OCH3 is 2. The summed E-state index contributed by atoms with van der Waals surface area (Å²) >= 11 is 6.09. The van der Waals surface area contributed by atoms with Crippen molar-refractivity contribution in [2.24, 2.45) is 11.1 Å². The quantitative estimate of drug-likeness (QED) is 0.553. The van der Waals surface area contributed by atoms with Crippen molar-refractivity contribution in [3.8, 4) is 11.5 Å². The van der Waals surface area contributed by atoms with Crippen LogP contribution in [0.25, 0.3) is 0 Å². The fourth-order valence-corrected chi connectivity index (χ4v) is 2.05. The normalized spacial score (nSPS) is 10.9. The molecule has 1 aromatic carbocycles. The molecule has 0 aliphatic heterocycles. The molecule has 0 aliphatic rings. The molecule has 7 heteroatoms. The second kappa shape index (κ2) is 9.94. The van der Waals surface area contributed by atoms with E-state index in [1.807, 2.05) is 0 Å². The van der Waals surface area contributed by atoms with Crippen molar-refractivity contribution in [3.63, 3.8) is 0 Å². The number of amides is 1. The van der Waals surface area contributed by atoms with Gasteiger partial charge in [0.15, 0.2) is 18.1 Å². The molecule has 1 amide bonds. The number of nitrogens with zero attached hydrogens (tertiary/aromatic N) is 1. The number of carbonyl (C=O) groups is 1. The molecule has 0 unspecified atom stereocenters. The van der Waals surface area contributed by atoms with Gasteiger partial charge in [-0.25, -0.2) is 0 Å². The molecule has 0 saturated carbocycles. The zero-order valence-electron chi connectivity index (χ0n) is 13.9. The lowest BCUT2D eigenvalue weighted by Crippen LogP contribution is -2.28. The lowest BCUT2D eigenvalue weighted by atomic mass is 10.1. The van der Waals surface area contributed by atoms with Gasteiger partial charge in [0.25, 0.3) is 5.91 Å². The summed E-state index contributed by atoms with van der Waals surface area (Å²) in [4.78, 5) is 16.5. The Morgan fingerprint density at radius 2 is 2.09 bits per heavy atom. The first-order valence-electron chi connectivity index (χ1n) is 7.31. The van der Waals surface area contributed by atoms with Crippen LogP contribution >= 0.6 is 11.6 Å². The summed E-state index contributed by atoms with van der Waals surface area (Å²) in [5.74, 6) is 1.29. The minimum Gasteiger partial charge on any atom is -0.493 e. The molecular formula is C16H23ClN2O4. The molecule has 0 bridgehead atoms. The Morgan fingerprint density at radius 3 is 2.70 bits per heavy atom. The van der Waals surface area contributed by atoms with E-state index >= 15 is 0 Å². The smallest absolute Gasteiger partial charge is 0.260 e. The molecule has 0 radical (unpaired) electrons. The summed E-state index contributed by atoms with van der Waals surface area (Å²) in [6, 6.07) is 3.37. The van der Waals surface area contributed by atoms with Gasteiger partial charge >= 0.3 is 0 Å². The second-order valence-corrected chi connectivity index (χ2v) is 5.69. The van der Waals surface area contributed by atoms with Gasteiger partial charge in [0.2, 0.25) is 0 Å². The largest absolute Gasteiger partial charge is 0.493 e. The first kappa shape index (κ1) is 19.1. The predicted octanol–water partition coefficient (Wildman–Crippen LogP) is 2.87. The van der Waals surface area contributed by atoms with Crippen LogP contribution in [0.1, 0.15) is 25.8 Å². The molecule has 6 nitrogen and oxygen atoms in total. The maximum absolute atomic E-state index is 11.5. The molecule has 128 valence electrons. The van der Waals surface area contributed by atoms with Gasteiger partial charge in [0.1, 0.15) is 0 Å². The Balaban J connectivity index is 2.49. The number of benzene rings is 1. The maximum atomic E-state index is 11.5. The summed E-state index contributed by atoms with van der Waals surface area (Å²) in [6.45, 7) is 4.70. The van der Waals surface area contributed by atoms with E-state index in [2.05, 4.69) is 24.3 Å². The number of nitrogens with one attached hydrogen (secondary N) is 1. The van der Waals surface area contributed by atoms with Crippen LogP contribution in [0.15, 0.2) is 17.3 Å².